The van der Waals surface area contributed by atoms with Crippen LogP contribution in [0.5, 0.6) is 0 Å². The molecule has 2 atom stereocenters. The molecular weight excluding hydrogens is 369 g/mol. The van der Waals surface area contributed by atoms with Crippen LogP contribution in [0.4, 0.5) is 10.1 Å². The van der Waals surface area contributed by atoms with Crippen LogP contribution in [0, 0.1) is 5.82 Å². The predicted octanol–water partition coefficient (Wildman–Crippen LogP) is 3.40. The van der Waals surface area contributed by atoms with Gasteiger partial charge in [-0.2, -0.15) is 0 Å². The molecule has 2 rings (SSSR count). The normalized spacial score (nSPS) is 13.0. The average molecular weight is 384 g/mol. The Morgan fingerprint density at radius 3 is 2.56 bits per heavy atom. The van der Waals surface area contributed by atoms with E-state index in [1.807, 2.05) is 0 Å². The first-order chi connectivity index (χ1) is 11.8. The van der Waals surface area contributed by atoms with Crippen LogP contribution in [-0.2, 0) is 20.3 Å². The zero-order valence-electron chi connectivity index (χ0n) is 13.4. The Kier molecular flexibility index (Phi) is 6.27. The summed E-state index contributed by atoms with van der Waals surface area (Å²) in [7, 11) is -1.37. The summed E-state index contributed by atoms with van der Waals surface area (Å²) in [6, 6.07) is 9.99. The van der Waals surface area contributed by atoms with Crippen molar-refractivity contribution in [3.05, 3.63) is 58.9 Å². The van der Waals surface area contributed by atoms with Crippen LogP contribution in [0.2, 0.25) is 5.02 Å². The third kappa shape index (κ3) is 4.87. The van der Waals surface area contributed by atoms with E-state index in [9.17, 15) is 18.2 Å². The maximum absolute atomic E-state index is 13.1. The van der Waals surface area contributed by atoms with Crippen molar-refractivity contribution >= 4 is 40.0 Å². The highest BCUT2D eigenvalue weighted by Gasteiger charge is 2.22. The van der Waals surface area contributed by atoms with E-state index in [1.54, 1.807) is 18.2 Å². The Hall–Kier alpha value is -2.25. The molecule has 0 aromatic heterocycles. The number of anilines is 1. The fraction of sp³-hybridized carbons (Fsp3) is 0.176. The monoisotopic (exact) mass is 383 g/mol. The summed E-state index contributed by atoms with van der Waals surface area (Å²) in [5, 5.41) is 2.34. The van der Waals surface area contributed by atoms with Gasteiger partial charge >= 0.3 is 5.97 Å². The highest BCUT2D eigenvalue weighted by atomic mass is 35.5. The van der Waals surface area contributed by atoms with Crippen molar-refractivity contribution in [3.8, 4) is 0 Å². The van der Waals surface area contributed by atoms with E-state index in [1.165, 1.54) is 31.4 Å². The molecule has 132 valence electrons. The topological polar surface area (TPSA) is 72.5 Å². The molecule has 5 nitrogen and oxygen atoms in total. The standard InChI is InChI=1S/C17H15ClFNO4S/c1-10(16(21)20-11-7-8-14(19)13(18)9-11)24-17(22)12-5-3-4-6-15(12)25(2)23/h3-10H,1-2H3,(H,20,21)/t10-,25+/m0/s1. The lowest BCUT2D eigenvalue weighted by atomic mass is 10.2. The summed E-state index contributed by atoms with van der Waals surface area (Å²) >= 11 is 5.65. The molecule has 0 saturated carbocycles. The van der Waals surface area contributed by atoms with Crippen LogP contribution in [0.25, 0.3) is 0 Å². The van der Waals surface area contributed by atoms with Gasteiger partial charge in [0.05, 0.1) is 26.3 Å². The summed E-state index contributed by atoms with van der Waals surface area (Å²) < 4.78 is 29.9. The minimum atomic E-state index is -1.37. The minimum Gasteiger partial charge on any atom is -0.449 e. The van der Waals surface area contributed by atoms with Crippen molar-refractivity contribution in [2.24, 2.45) is 0 Å². The predicted molar refractivity (Wildman–Crippen MR) is 93.7 cm³/mol. The average Bonchev–Trinajstić information content (AvgIpc) is 2.58. The van der Waals surface area contributed by atoms with Crippen molar-refractivity contribution in [2.45, 2.75) is 17.9 Å². The van der Waals surface area contributed by atoms with Gasteiger partial charge in [-0.15, -0.1) is 0 Å². The van der Waals surface area contributed by atoms with E-state index in [-0.39, 0.29) is 16.3 Å². The van der Waals surface area contributed by atoms with E-state index in [0.717, 1.165) is 6.07 Å². The molecule has 0 aliphatic carbocycles. The summed E-state index contributed by atoms with van der Waals surface area (Å²) in [5.74, 6) is -1.97. The van der Waals surface area contributed by atoms with Crippen molar-refractivity contribution in [2.75, 3.05) is 11.6 Å². The van der Waals surface area contributed by atoms with Crippen LogP contribution in [0.15, 0.2) is 47.4 Å². The number of carbonyl (C=O) groups excluding carboxylic acids is 2. The van der Waals surface area contributed by atoms with Gasteiger partial charge in [0, 0.05) is 11.9 Å². The quantitative estimate of drug-likeness (QED) is 0.803. The first kappa shape index (κ1) is 19.1. The second-order valence-electron chi connectivity index (χ2n) is 5.12. The molecule has 8 heteroatoms. The largest absolute Gasteiger partial charge is 0.449 e. The maximum atomic E-state index is 13.1. The molecule has 0 unspecified atom stereocenters. The molecule has 0 spiro atoms. The molecule has 0 bridgehead atoms. The number of amides is 1. The lowest BCUT2D eigenvalue weighted by molar-refractivity contribution is -0.123. The number of hydrogen-bond donors (Lipinski definition) is 1. The molecule has 1 amide bonds. The Bertz CT molecular complexity index is 843. The molecular formula is C17H15ClFNO4S. The molecule has 1 N–H and O–H groups in total. The van der Waals surface area contributed by atoms with E-state index in [4.69, 9.17) is 16.3 Å². The first-order valence-electron chi connectivity index (χ1n) is 7.19. The molecule has 2 aromatic carbocycles. The molecule has 2 aromatic rings. The fourth-order valence-corrected chi connectivity index (χ4v) is 2.89. The first-order valence-corrected chi connectivity index (χ1v) is 9.12. The Balaban J connectivity index is 2.07. The third-order valence-electron chi connectivity index (χ3n) is 3.26. The Morgan fingerprint density at radius 1 is 1.24 bits per heavy atom. The number of benzene rings is 2. The Morgan fingerprint density at radius 2 is 1.92 bits per heavy atom. The summed E-state index contributed by atoms with van der Waals surface area (Å²) in [6.45, 7) is 1.39. The van der Waals surface area contributed by atoms with E-state index >= 15 is 0 Å². The lowest BCUT2D eigenvalue weighted by Crippen LogP contribution is -2.30. The summed E-state index contributed by atoms with van der Waals surface area (Å²) in [5.41, 5.74) is 0.405. The van der Waals surface area contributed by atoms with Gasteiger partial charge in [0.1, 0.15) is 5.82 Å². The second-order valence-corrected chi connectivity index (χ2v) is 6.87. The van der Waals surface area contributed by atoms with Crippen molar-refractivity contribution in [3.63, 3.8) is 0 Å². The molecule has 0 radical (unpaired) electrons. The number of nitrogens with one attached hydrogen (secondary N) is 1. The van der Waals surface area contributed by atoms with Gasteiger partial charge in [-0.25, -0.2) is 9.18 Å². The third-order valence-corrected chi connectivity index (χ3v) is 4.52. The van der Waals surface area contributed by atoms with Crippen LogP contribution in [-0.4, -0.2) is 28.4 Å². The summed E-state index contributed by atoms with van der Waals surface area (Å²) in [6.07, 6.45) is 0.329. The van der Waals surface area contributed by atoms with Gasteiger partial charge in [0.25, 0.3) is 5.91 Å². The zero-order valence-corrected chi connectivity index (χ0v) is 15.0. The van der Waals surface area contributed by atoms with E-state index < -0.39 is 34.6 Å². The van der Waals surface area contributed by atoms with Gasteiger partial charge in [0.15, 0.2) is 6.10 Å². The highest BCUT2D eigenvalue weighted by molar-refractivity contribution is 7.84. The fourth-order valence-electron chi connectivity index (χ4n) is 1.98. The van der Waals surface area contributed by atoms with Gasteiger partial charge in [-0.05, 0) is 37.3 Å². The SMILES string of the molecule is C[C@H](OC(=O)c1ccccc1[S@@](C)=O)C(=O)Nc1ccc(F)c(Cl)c1. The second kappa shape index (κ2) is 8.22. The number of carbonyl (C=O) groups is 2. The van der Waals surface area contributed by atoms with Crippen molar-refractivity contribution in [1.29, 1.82) is 0 Å². The molecule has 0 saturated heterocycles. The van der Waals surface area contributed by atoms with Gasteiger partial charge in [-0.1, -0.05) is 23.7 Å². The maximum Gasteiger partial charge on any atom is 0.340 e. The van der Waals surface area contributed by atoms with Crippen molar-refractivity contribution < 1.29 is 22.9 Å². The van der Waals surface area contributed by atoms with Crippen LogP contribution in [0.3, 0.4) is 0 Å². The molecule has 0 aliphatic rings. The molecule has 0 fully saturated rings. The van der Waals surface area contributed by atoms with E-state index in [0.29, 0.717) is 4.90 Å². The smallest absolute Gasteiger partial charge is 0.340 e. The van der Waals surface area contributed by atoms with Gasteiger partial charge < -0.3 is 10.1 Å². The van der Waals surface area contributed by atoms with Gasteiger partial charge in [0.2, 0.25) is 0 Å². The zero-order chi connectivity index (χ0) is 18.6. The Labute approximate surface area is 151 Å². The number of halogens is 2. The summed E-state index contributed by atoms with van der Waals surface area (Å²) in [4.78, 5) is 24.7. The van der Waals surface area contributed by atoms with Crippen LogP contribution in [0.1, 0.15) is 17.3 Å². The molecule has 0 heterocycles. The minimum absolute atomic E-state index is 0.132. The lowest BCUT2D eigenvalue weighted by Gasteiger charge is -2.14. The number of rotatable bonds is 5. The van der Waals surface area contributed by atoms with E-state index in [2.05, 4.69) is 5.32 Å². The molecule has 0 aliphatic heterocycles. The number of ether oxygens (including phenoxy) is 1. The van der Waals surface area contributed by atoms with Gasteiger partial charge in [-0.3, -0.25) is 9.00 Å². The molecule has 25 heavy (non-hydrogen) atoms. The number of esters is 1. The van der Waals surface area contributed by atoms with Crippen LogP contribution >= 0.6 is 11.6 Å². The van der Waals surface area contributed by atoms with Crippen LogP contribution < -0.4 is 5.32 Å². The number of hydrogen-bond acceptors (Lipinski definition) is 4. The highest BCUT2D eigenvalue weighted by Crippen LogP contribution is 2.20. The van der Waals surface area contributed by atoms with Crippen molar-refractivity contribution in [1.82, 2.24) is 0 Å².